The molecular weight excluding hydrogens is 314 g/mol. The van der Waals surface area contributed by atoms with Gasteiger partial charge in [0.25, 0.3) is 5.91 Å². The van der Waals surface area contributed by atoms with Gasteiger partial charge in [0, 0.05) is 29.7 Å². The zero-order valence-electron chi connectivity index (χ0n) is 13.8. The molecule has 25 heavy (non-hydrogen) atoms. The molecule has 1 aromatic heterocycles. The number of nitrogens with zero attached hydrogens (tertiary/aromatic N) is 2. The van der Waals surface area contributed by atoms with Crippen molar-refractivity contribution in [3.63, 3.8) is 0 Å². The number of anilines is 1. The molecule has 0 saturated carbocycles. The normalized spacial score (nSPS) is 14.6. The number of nitrogens with two attached hydrogens (primary N) is 1. The molecule has 2 heterocycles. The molecule has 0 aliphatic carbocycles. The number of ether oxygens (including phenoxy) is 1. The molecule has 1 aliphatic heterocycles. The standard InChI is InChI=1S/C20H19N3O2/c21-20(24)18-9-6-15-2-1-3-17(19(15)22-18)14-4-7-16(8-5-14)23-10-12-25-13-11-23/h1-9H,10-13H2,(H2,21,24). The molecule has 5 nitrogen and oxygen atoms in total. The Bertz CT molecular complexity index is 916. The third-order valence-electron chi connectivity index (χ3n) is 4.53. The van der Waals surface area contributed by atoms with Crippen LogP contribution in [0, 0.1) is 0 Å². The lowest BCUT2D eigenvalue weighted by Crippen LogP contribution is -2.36. The van der Waals surface area contributed by atoms with Gasteiger partial charge in [0.05, 0.1) is 18.7 Å². The summed E-state index contributed by atoms with van der Waals surface area (Å²) in [7, 11) is 0. The second kappa shape index (κ2) is 6.53. The van der Waals surface area contributed by atoms with Gasteiger partial charge in [-0.3, -0.25) is 4.79 Å². The lowest BCUT2D eigenvalue weighted by atomic mass is 10.0. The van der Waals surface area contributed by atoms with Gasteiger partial charge in [-0.1, -0.05) is 36.4 Å². The molecule has 0 unspecified atom stereocenters. The number of rotatable bonds is 3. The van der Waals surface area contributed by atoms with Crippen LogP contribution in [0.25, 0.3) is 22.0 Å². The summed E-state index contributed by atoms with van der Waals surface area (Å²) in [4.78, 5) is 18.2. The van der Waals surface area contributed by atoms with Crippen molar-refractivity contribution in [2.75, 3.05) is 31.2 Å². The molecule has 3 aromatic rings. The highest BCUT2D eigenvalue weighted by molar-refractivity contribution is 5.98. The largest absolute Gasteiger partial charge is 0.378 e. The van der Waals surface area contributed by atoms with Gasteiger partial charge in [-0.05, 0) is 23.8 Å². The SMILES string of the molecule is NC(=O)c1ccc2cccc(-c3ccc(N4CCOCC4)cc3)c2n1. The maximum atomic E-state index is 11.5. The average Bonchev–Trinajstić information content (AvgIpc) is 2.68. The number of amides is 1. The van der Waals surface area contributed by atoms with E-state index in [4.69, 9.17) is 10.5 Å². The van der Waals surface area contributed by atoms with Crippen molar-refractivity contribution in [2.24, 2.45) is 5.73 Å². The van der Waals surface area contributed by atoms with Gasteiger partial charge < -0.3 is 15.4 Å². The van der Waals surface area contributed by atoms with E-state index >= 15 is 0 Å². The highest BCUT2D eigenvalue weighted by Gasteiger charge is 2.12. The number of hydrogen-bond donors (Lipinski definition) is 1. The number of pyridine rings is 1. The highest BCUT2D eigenvalue weighted by atomic mass is 16.5. The summed E-state index contributed by atoms with van der Waals surface area (Å²) in [5.74, 6) is -0.514. The quantitative estimate of drug-likeness (QED) is 0.800. The number of para-hydroxylation sites is 1. The van der Waals surface area contributed by atoms with Crippen LogP contribution < -0.4 is 10.6 Å². The van der Waals surface area contributed by atoms with Crippen LogP contribution in [0.15, 0.2) is 54.6 Å². The highest BCUT2D eigenvalue weighted by Crippen LogP contribution is 2.29. The van der Waals surface area contributed by atoms with Gasteiger partial charge in [-0.15, -0.1) is 0 Å². The van der Waals surface area contributed by atoms with E-state index in [1.807, 2.05) is 24.3 Å². The minimum atomic E-state index is -0.514. The second-order valence-electron chi connectivity index (χ2n) is 6.08. The third kappa shape index (κ3) is 3.06. The van der Waals surface area contributed by atoms with Crippen molar-refractivity contribution >= 4 is 22.5 Å². The smallest absolute Gasteiger partial charge is 0.267 e. The Balaban J connectivity index is 1.73. The van der Waals surface area contributed by atoms with Crippen molar-refractivity contribution in [3.8, 4) is 11.1 Å². The minimum Gasteiger partial charge on any atom is -0.378 e. The summed E-state index contributed by atoms with van der Waals surface area (Å²) in [5.41, 5.74) is 9.70. The van der Waals surface area contributed by atoms with E-state index in [1.165, 1.54) is 5.69 Å². The summed E-state index contributed by atoms with van der Waals surface area (Å²) in [5, 5.41) is 0.986. The fourth-order valence-corrected chi connectivity index (χ4v) is 3.19. The predicted octanol–water partition coefficient (Wildman–Crippen LogP) is 2.84. The average molecular weight is 333 g/mol. The zero-order valence-corrected chi connectivity index (χ0v) is 13.8. The van der Waals surface area contributed by atoms with E-state index in [1.54, 1.807) is 6.07 Å². The van der Waals surface area contributed by atoms with Crippen molar-refractivity contribution < 1.29 is 9.53 Å². The molecule has 0 radical (unpaired) electrons. The van der Waals surface area contributed by atoms with E-state index in [2.05, 4.69) is 34.1 Å². The van der Waals surface area contributed by atoms with Crippen LogP contribution >= 0.6 is 0 Å². The predicted molar refractivity (Wildman–Crippen MR) is 98.7 cm³/mol. The van der Waals surface area contributed by atoms with Crippen molar-refractivity contribution in [3.05, 3.63) is 60.3 Å². The van der Waals surface area contributed by atoms with Crippen molar-refractivity contribution in [2.45, 2.75) is 0 Å². The number of fused-ring (bicyclic) bond motifs is 1. The number of carbonyl (C=O) groups excluding carboxylic acids is 1. The maximum absolute atomic E-state index is 11.5. The number of carbonyl (C=O) groups is 1. The Kier molecular flexibility index (Phi) is 4.07. The molecule has 1 saturated heterocycles. The molecule has 126 valence electrons. The molecule has 2 N–H and O–H groups in total. The number of morpholine rings is 1. The van der Waals surface area contributed by atoms with Crippen molar-refractivity contribution in [1.82, 2.24) is 4.98 Å². The van der Waals surface area contributed by atoms with Crippen LogP contribution in [0.2, 0.25) is 0 Å². The first-order valence-corrected chi connectivity index (χ1v) is 8.35. The first-order chi connectivity index (χ1) is 12.2. The van der Waals surface area contributed by atoms with Gasteiger partial charge in [0.2, 0.25) is 0 Å². The Morgan fingerprint density at radius 1 is 1.00 bits per heavy atom. The van der Waals surface area contributed by atoms with Gasteiger partial charge >= 0.3 is 0 Å². The lowest BCUT2D eigenvalue weighted by Gasteiger charge is -2.29. The molecule has 4 rings (SSSR count). The lowest BCUT2D eigenvalue weighted by molar-refractivity contribution is 0.0996. The van der Waals surface area contributed by atoms with Crippen LogP contribution in [-0.4, -0.2) is 37.2 Å². The monoisotopic (exact) mass is 333 g/mol. The van der Waals surface area contributed by atoms with Crippen LogP contribution in [-0.2, 0) is 4.74 Å². The Hall–Kier alpha value is -2.92. The Morgan fingerprint density at radius 3 is 2.48 bits per heavy atom. The fourth-order valence-electron chi connectivity index (χ4n) is 3.19. The fraction of sp³-hybridized carbons (Fsp3) is 0.200. The number of primary amides is 1. The van der Waals surface area contributed by atoms with E-state index in [9.17, 15) is 4.79 Å². The van der Waals surface area contributed by atoms with Gasteiger partial charge in [-0.25, -0.2) is 4.98 Å². The maximum Gasteiger partial charge on any atom is 0.267 e. The van der Waals surface area contributed by atoms with Crippen LogP contribution in [0.4, 0.5) is 5.69 Å². The first kappa shape index (κ1) is 15.6. The molecule has 1 fully saturated rings. The van der Waals surface area contributed by atoms with Gasteiger partial charge in [0.15, 0.2) is 0 Å². The molecule has 1 aliphatic rings. The molecule has 0 bridgehead atoms. The summed E-state index contributed by atoms with van der Waals surface area (Å²) in [6, 6.07) is 18.0. The van der Waals surface area contributed by atoms with Gasteiger partial charge in [-0.2, -0.15) is 0 Å². The number of benzene rings is 2. The number of hydrogen-bond acceptors (Lipinski definition) is 4. The minimum absolute atomic E-state index is 0.282. The van der Waals surface area contributed by atoms with Crippen LogP contribution in [0.1, 0.15) is 10.5 Å². The third-order valence-corrected chi connectivity index (χ3v) is 4.53. The Labute approximate surface area is 146 Å². The Morgan fingerprint density at radius 2 is 1.76 bits per heavy atom. The molecule has 0 atom stereocenters. The topological polar surface area (TPSA) is 68.5 Å². The molecular formula is C20H19N3O2. The summed E-state index contributed by atoms with van der Waals surface area (Å²) in [6.45, 7) is 3.37. The van der Waals surface area contributed by atoms with Gasteiger partial charge in [0.1, 0.15) is 5.69 Å². The first-order valence-electron chi connectivity index (χ1n) is 8.35. The van der Waals surface area contributed by atoms with E-state index in [0.717, 1.165) is 48.3 Å². The van der Waals surface area contributed by atoms with E-state index < -0.39 is 5.91 Å². The molecule has 5 heteroatoms. The van der Waals surface area contributed by atoms with E-state index in [0.29, 0.717) is 0 Å². The zero-order chi connectivity index (χ0) is 17.2. The summed E-state index contributed by atoms with van der Waals surface area (Å²) < 4.78 is 5.41. The van der Waals surface area contributed by atoms with Crippen LogP contribution in [0.5, 0.6) is 0 Å². The second-order valence-corrected chi connectivity index (χ2v) is 6.08. The molecule has 2 aromatic carbocycles. The van der Waals surface area contributed by atoms with Crippen molar-refractivity contribution in [1.29, 1.82) is 0 Å². The van der Waals surface area contributed by atoms with E-state index in [-0.39, 0.29) is 5.69 Å². The summed E-state index contributed by atoms with van der Waals surface area (Å²) >= 11 is 0. The summed E-state index contributed by atoms with van der Waals surface area (Å²) in [6.07, 6.45) is 0. The molecule has 0 spiro atoms. The molecule has 1 amide bonds. The van der Waals surface area contributed by atoms with Crippen LogP contribution in [0.3, 0.4) is 0 Å². The number of aromatic nitrogens is 1.